The van der Waals surface area contributed by atoms with Crippen LogP contribution in [0.3, 0.4) is 0 Å². The fourth-order valence-electron chi connectivity index (χ4n) is 1.99. The van der Waals surface area contributed by atoms with Gasteiger partial charge in [0, 0.05) is 24.6 Å². The van der Waals surface area contributed by atoms with Crippen LogP contribution in [0.1, 0.15) is 26.7 Å². The van der Waals surface area contributed by atoms with Gasteiger partial charge in [0.15, 0.2) is 0 Å². The van der Waals surface area contributed by atoms with Gasteiger partial charge in [0.05, 0.1) is 11.5 Å². The van der Waals surface area contributed by atoms with Gasteiger partial charge < -0.3 is 15.7 Å². The Kier molecular flexibility index (Phi) is 5.95. The fourth-order valence-corrected chi connectivity index (χ4v) is 2.93. The average Bonchev–Trinajstić information content (AvgIpc) is 2.41. The van der Waals surface area contributed by atoms with Gasteiger partial charge in [0.2, 0.25) is 5.91 Å². The monoisotopic (exact) mass is 274 g/mol. The Morgan fingerprint density at radius 3 is 2.56 bits per heavy atom. The first-order valence-electron chi connectivity index (χ1n) is 6.38. The molecule has 0 radical (unpaired) electrons. The molecule has 0 aromatic carbocycles. The minimum absolute atomic E-state index is 0.0882. The summed E-state index contributed by atoms with van der Waals surface area (Å²) in [4.78, 5) is 23.2. The molecule has 0 aromatic rings. The van der Waals surface area contributed by atoms with Gasteiger partial charge in [-0.05, 0) is 12.8 Å². The molecule has 6 heteroatoms. The summed E-state index contributed by atoms with van der Waals surface area (Å²) in [6, 6.07) is -0.191. The number of carboxylic acids is 1. The first kappa shape index (κ1) is 15.3. The van der Waals surface area contributed by atoms with Crippen molar-refractivity contribution in [2.45, 2.75) is 32.7 Å². The van der Waals surface area contributed by atoms with Crippen LogP contribution in [0.25, 0.3) is 0 Å². The van der Waals surface area contributed by atoms with Crippen LogP contribution in [-0.2, 0) is 9.59 Å². The lowest BCUT2D eigenvalue weighted by atomic mass is 9.82. The molecule has 1 fully saturated rings. The summed E-state index contributed by atoms with van der Waals surface area (Å²) in [5, 5.41) is 15.2. The van der Waals surface area contributed by atoms with Crippen molar-refractivity contribution in [2.75, 3.05) is 24.6 Å². The minimum Gasteiger partial charge on any atom is -0.481 e. The summed E-state index contributed by atoms with van der Waals surface area (Å²) in [7, 11) is 0. The lowest BCUT2D eigenvalue weighted by Gasteiger charge is -2.29. The molecule has 1 rings (SSSR count). The normalized spacial score (nSPS) is 20.4. The topological polar surface area (TPSA) is 78.4 Å². The van der Waals surface area contributed by atoms with Crippen LogP contribution in [0.5, 0.6) is 0 Å². The van der Waals surface area contributed by atoms with E-state index >= 15 is 0 Å². The first-order chi connectivity index (χ1) is 8.55. The van der Waals surface area contributed by atoms with Crippen LogP contribution < -0.4 is 10.6 Å². The Labute approximate surface area is 112 Å². The van der Waals surface area contributed by atoms with Gasteiger partial charge in [-0.25, -0.2) is 0 Å². The highest BCUT2D eigenvalue weighted by molar-refractivity contribution is 7.99. The summed E-state index contributed by atoms with van der Waals surface area (Å²) in [5.41, 5.74) is -0.836. The lowest BCUT2D eigenvalue weighted by molar-refractivity contribution is -0.149. The highest BCUT2D eigenvalue weighted by atomic mass is 32.2. The van der Waals surface area contributed by atoms with Gasteiger partial charge in [-0.3, -0.25) is 9.59 Å². The molecular weight excluding hydrogens is 252 g/mol. The Bertz CT molecular complexity index is 300. The molecule has 1 aliphatic heterocycles. The Balaban J connectivity index is 2.51. The molecule has 0 spiro atoms. The average molecular weight is 274 g/mol. The van der Waals surface area contributed by atoms with E-state index < -0.39 is 11.4 Å². The number of thioether (sulfide) groups is 1. The molecule has 0 aromatic heterocycles. The summed E-state index contributed by atoms with van der Waals surface area (Å²) < 4.78 is 0. The second kappa shape index (κ2) is 6.99. The third-order valence-corrected chi connectivity index (χ3v) is 4.71. The van der Waals surface area contributed by atoms with Gasteiger partial charge in [0.25, 0.3) is 0 Å². The summed E-state index contributed by atoms with van der Waals surface area (Å²) in [5.74, 6) is 0.852. The van der Waals surface area contributed by atoms with Crippen LogP contribution in [0.2, 0.25) is 0 Å². The highest BCUT2D eigenvalue weighted by Gasteiger charge is 2.35. The Morgan fingerprint density at radius 2 is 2.11 bits per heavy atom. The molecular formula is C12H22N2O3S. The maximum Gasteiger partial charge on any atom is 0.311 e. The van der Waals surface area contributed by atoms with Crippen LogP contribution in [-0.4, -0.2) is 47.6 Å². The molecule has 0 saturated carbocycles. The van der Waals surface area contributed by atoms with Gasteiger partial charge >= 0.3 is 5.97 Å². The molecule has 104 valence electrons. The number of carbonyl (C=O) groups excluding carboxylic acids is 1. The van der Waals surface area contributed by atoms with E-state index in [1.807, 2.05) is 13.8 Å². The number of nitrogens with one attached hydrogen (secondary N) is 2. The first-order valence-corrected chi connectivity index (χ1v) is 7.53. The van der Waals surface area contributed by atoms with Gasteiger partial charge in [-0.15, -0.1) is 0 Å². The van der Waals surface area contributed by atoms with Crippen molar-refractivity contribution in [3.05, 3.63) is 0 Å². The van der Waals surface area contributed by atoms with Crippen LogP contribution in [0, 0.1) is 5.41 Å². The maximum atomic E-state index is 11.9. The van der Waals surface area contributed by atoms with Crippen molar-refractivity contribution < 1.29 is 14.7 Å². The fraction of sp³-hybridized carbons (Fsp3) is 0.833. The van der Waals surface area contributed by atoms with E-state index in [1.54, 1.807) is 11.8 Å². The molecule has 3 N–H and O–H groups in total. The van der Waals surface area contributed by atoms with E-state index in [1.165, 1.54) is 0 Å². The van der Waals surface area contributed by atoms with Crippen molar-refractivity contribution in [2.24, 2.45) is 5.41 Å². The number of carboxylic acid groups (broad SMARTS) is 1. The summed E-state index contributed by atoms with van der Waals surface area (Å²) >= 11 is 1.74. The molecule has 1 unspecified atom stereocenters. The zero-order valence-electron chi connectivity index (χ0n) is 11.0. The molecule has 1 heterocycles. The molecule has 1 aliphatic rings. The lowest BCUT2D eigenvalue weighted by Crippen LogP contribution is -2.52. The zero-order valence-corrected chi connectivity index (χ0v) is 11.8. The van der Waals surface area contributed by atoms with Crippen molar-refractivity contribution in [3.8, 4) is 0 Å². The second-order valence-corrected chi connectivity index (χ2v) is 5.74. The molecule has 1 atom stereocenters. The Morgan fingerprint density at radius 1 is 1.44 bits per heavy atom. The number of hydrogen-bond donors (Lipinski definition) is 3. The predicted molar refractivity (Wildman–Crippen MR) is 72.8 cm³/mol. The predicted octanol–water partition coefficient (Wildman–Crippen LogP) is 0.699. The smallest absolute Gasteiger partial charge is 0.311 e. The molecule has 0 aliphatic carbocycles. The number of rotatable bonds is 6. The van der Waals surface area contributed by atoms with Crippen LogP contribution in [0.15, 0.2) is 0 Å². The van der Waals surface area contributed by atoms with Gasteiger partial charge in [-0.2, -0.15) is 11.8 Å². The van der Waals surface area contributed by atoms with E-state index in [-0.39, 0.29) is 18.5 Å². The summed E-state index contributed by atoms with van der Waals surface area (Å²) in [6.07, 6.45) is 1.04. The van der Waals surface area contributed by atoms with Gasteiger partial charge in [0.1, 0.15) is 0 Å². The van der Waals surface area contributed by atoms with Crippen molar-refractivity contribution in [1.82, 2.24) is 10.6 Å². The van der Waals surface area contributed by atoms with E-state index in [9.17, 15) is 14.7 Å². The summed E-state index contributed by atoms with van der Waals surface area (Å²) in [6.45, 7) is 4.72. The number of hydrogen-bond acceptors (Lipinski definition) is 4. The third-order valence-electron chi connectivity index (χ3n) is 3.65. The SMILES string of the molecule is CCC(CC)(CNC(=O)C1CSCCN1)C(=O)O. The molecule has 5 nitrogen and oxygen atoms in total. The minimum atomic E-state index is -0.836. The number of amides is 1. The zero-order chi connectivity index (χ0) is 13.6. The van der Waals surface area contributed by atoms with Crippen molar-refractivity contribution in [3.63, 3.8) is 0 Å². The maximum absolute atomic E-state index is 11.9. The largest absolute Gasteiger partial charge is 0.481 e. The van der Waals surface area contributed by atoms with E-state index in [4.69, 9.17) is 0 Å². The van der Waals surface area contributed by atoms with E-state index in [0.29, 0.717) is 12.8 Å². The molecule has 0 bridgehead atoms. The third kappa shape index (κ3) is 3.62. The van der Waals surface area contributed by atoms with E-state index in [2.05, 4.69) is 10.6 Å². The number of aliphatic carboxylic acids is 1. The van der Waals surface area contributed by atoms with Crippen LogP contribution >= 0.6 is 11.8 Å². The van der Waals surface area contributed by atoms with Crippen LogP contribution in [0.4, 0.5) is 0 Å². The van der Waals surface area contributed by atoms with E-state index in [0.717, 1.165) is 18.1 Å². The van der Waals surface area contributed by atoms with Crippen molar-refractivity contribution >= 4 is 23.6 Å². The standard InChI is InChI=1S/C12H22N2O3S/c1-3-12(4-2,11(16)17)8-14-10(15)9-7-18-6-5-13-9/h9,13H,3-8H2,1-2H3,(H,14,15)(H,16,17). The second-order valence-electron chi connectivity index (χ2n) is 4.59. The van der Waals surface area contributed by atoms with Crippen molar-refractivity contribution in [1.29, 1.82) is 0 Å². The highest BCUT2D eigenvalue weighted by Crippen LogP contribution is 2.25. The Hall–Kier alpha value is -0.750. The van der Waals surface area contributed by atoms with Gasteiger partial charge in [-0.1, -0.05) is 13.8 Å². The molecule has 18 heavy (non-hydrogen) atoms. The molecule has 1 amide bonds. The molecule has 1 saturated heterocycles. The quantitative estimate of drug-likeness (QED) is 0.664. The number of carbonyl (C=O) groups is 2.